The predicted octanol–water partition coefficient (Wildman–Crippen LogP) is 2.52. The molecule has 2 rings (SSSR count). The standard InChI is InChI=1S/C19H23N3O2/c1-13(2)16-8-3-4-9-17(16)22-19(24)18(23)21-12-15-7-5-6-14(10-15)11-20/h3-10,13H,11-12,20H2,1-2H3,(H,21,23)(H,22,24). The molecular weight excluding hydrogens is 302 g/mol. The normalized spacial score (nSPS) is 10.5. The van der Waals surface area contributed by atoms with E-state index in [0.29, 0.717) is 12.2 Å². The second kappa shape index (κ2) is 8.26. The number of nitrogens with one attached hydrogen (secondary N) is 2. The van der Waals surface area contributed by atoms with Gasteiger partial charge in [-0.2, -0.15) is 0 Å². The molecule has 0 spiro atoms. The number of carbonyl (C=O) groups is 2. The van der Waals surface area contributed by atoms with Gasteiger partial charge in [0, 0.05) is 18.8 Å². The van der Waals surface area contributed by atoms with E-state index in [2.05, 4.69) is 10.6 Å². The Kier molecular flexibility index (Phi) is 6.09. The van der Waals surface area contributed by atoms with E-state index >= 15 is 0 Å². The quantitative estimate of drug-likeness (QED) is 0.739. The summed E-state index contributed by atoms with van der Waals surface area (Å²) in [6, 6.07) is 15.1. The molecule has 126 valence electrons. The molecule has 0 radical (unpaired) electrons. The first kappa shape index (κ1) is 17.7. The summed E-state index contributed by atoms with van der Waals surface area (Å²) in [5.41, 5.74) is 9.14. The first-order valence-electron chi connectivity index (χ1n) is 7.97. The van der Waals surface area contributed by atoms with Crippen molar-refractivity contribution in [1.82, 2.24) is 5.32 Å². The van der Waals surface area contributed by atoms with Crippen LogP contribution >= 0.6 is 0 Å². The highest BCUT2D eigenvalue weighted by atomic mass is 16.2. The molecular formula is C19H23N3O2. The maximum atomic E-state index is 12.1. The van der Waals surface area contributed by atoms with E-state index in [-0.39, 0.29) is 12.5 Å². The van der Waals surface area contributed by atoms with Crippen LogP contribution in [-0.4, -0.2) is 11.8 Å². The Morgan fingerprint density at radius 1 is 1.00 bits per heavy atom. The summed E-state index contributed by atoms with van der Waals surface area (Å²) in [6.45, 7) is 4.80. The molecule has 0 saturated carbocycles. The third kappa shape index (κ3) is 4.67. The number of benzene rings is 2. The number of hydrogen-bond donors (Lipinski definition) is 3. The minimum atomic E-state index is -0.668. The largest absolute Gasteiger partial charge is 0.344 e. The van der Waals surface area contributed by atoms with Crippen molar-refractivity contribution in [2.75, 3.05) is 5.32 Å². The third-order valence-electron chi connectivity index (χ3n) is 3.72. The average molecular weight is 325 g/mol. The van der Waals surface area contributed by atoms with Gasteiger partial charge >= 0.3 is 11.8 Å². The van der Waals surface area contributed by atoms with Crippen molar-refractivity contribution in [1.29, 1.82) is 0 Å². The molecule has 4 N–H and O–H groups in total. The molecule has 0 aliphatic heterocycles. The number of amides is 2. The Morgan fingerprint density at radius 2 is 1.71 bits per heavy atom. The summed E-state index contributed by atoms with van der Waals surface area (Å²) >= 11 is 0. The van der Waals surface area contributed by atoms with Crippen LogP contribution in [0.25, 0.3) is 0 Å². The summed E-state index contributed by atoms with van der Waals surface area (Å²) in [7, 11) is 0. The van der Waals surface area contributed by atoms with Gasteiger partial charge < -0.3 is 16.4 Å². The maximum Gasteiger partial charge on any atom is 0.313 e. The van der Waals surface area contributed by atoms with Gasteiger partial charge in [0.15, 0.2) is 0 Å². The molecule has 0 aliphatic carbocycles. The first-order chi connectivity index (χ1) is 11.5. The van der Waals surface area contributed by atoms with E-state index in [0.717, 1.165) is 16.7 Å². The van der Waals surface area contributed by atoms with Crippen molar-refractivity contribution in [3.63, 3.8) is 0 Å². The van der Waals surface area contributed by atoms with Gasteiger partial charge in [0.05, 0.1) is 0 Å². The molecule has 24 heavy (non-hydrogen) atoms. The number of nitrogens with two attached hydrogens (primary N) is 1. The first-order valence-corrected chi connectivity index (χ1v) is 7.97. The van der Waals surface area contributed by atoms with Crippen molar-refractivity contribution in [2.45, 2.75) is 32.9 Å². The molecule has 5 heteroatoms. The van der Waals surface area contributed by atoms with Gasteiger partial charge in [0.25, 0.3) is 0 Å². The Labute approximate surface area is 142 Å². The van der Waals surface area contributed by atoms with Crippen molar-refractivity contribution >= 4 is 17.5 Å². The Balaban J connectivity index is 1.96. The molecule has 2 aromatic carbocycles. The van der Waals surface area contributed by atoms with Crippen LogP contribution in [0.3, 0.4) is 0 Å². The van der Waals surface area contributed by atoms with Crippen LogP contribution in [0.15, 0.2) is 48.5 Å². The van der Waals surface area contributed by atoms with Crippen molar-refractivity contribution in [3.05, 3.63) is 65.2 Å². The summed E-state index contributed by atoms with van der Waals surface area (Å²) in [5, 5.41) is 5.31. The van der Waals surface area contributed by atoms with E-state index in [1.165, 1.54) is 0 Å². The predicted molar refractivity (Wildman–Crippen MR) is 95.3 cm³/mol. The van der Waals surface area contributed by atoms with E-state index in [1.54, 1.807) is 6.07 Å². The third-order valence-corrected chi connectivity index (χ3v) is 3.72. The summed E-state index contributed by atoms with van der Waals surface area (Å²) in [5.74, 6) is -1.08. The lowest BCUT2D eigenvalue weighted by Crippen LogP contribution is -2.35. The summed E-state index contributed by atoms with van der Waals surface area (Å²) in [6.07, 6.45) is 0. The zero-order chi connectivity index (χ0) is 17.5. The molecule has 0 heterocycles. The highest BCUT2D eigenvalue weighted by Gasteiger charge is 2.15. The van der Waals surface area contributed by atoms with Gasteiger partial charge in [-0.05, 0) is 28.7 Å². The molecule has 0 aromatic heterocycles. The molecule has 0 aliphatic rings. The van der Waals surface area contributed by atoms with Crippen molar-refractivity contribution in [2.24, 2.45) is 5.73 Å². The van der Waals surface area contributed by atoms with Crippen LogP contribution in [-0.2, 0) is 22.7 Å². The highest BCUT2D eigenvalue weighted by molar-refractivity contribution is 6.39. The van der Waals surface area contributed by atoms with Gasteiger partial charge in [0.1, 0.15) is 0 Å². The van der Waals surface area contributed by atoms with E-state index in [4.69, 9.17) is 5.73 Å². The zero-order valence-corrected chi connectivity index (χ0v) is 14.0. The number of carbonyl (C=O) groups excluding carboxylic acids is 2. The number of para-hydroxylation sites is 1. The van der Waals surface area contributed by atoms with Crippen LogP contribution < -0.4 is 16.4 Å². The van der Waals surface area contributed by atoms with E-state index < -0.39 is 11.8 Å². The fourth-order valence-corrected chi connectivity index (χ4v) is 2.42. The Morgan fingerprint density at radius 3 is 2.42 bits per heavy atom. The lowest BCUT2D eigenvalue weighted by Gasteiger charge is -2.13. The van der Waals surface area contributed by atoms with Gasteiger partial charge in [0.2, 0.25) is 0 Å². The fourth-order valence-electron chi connectivity index (χ4n) is 2.42. The Hall–Kier alpha value is -2.66. The smallest absolute Gasteiger partial charge is 0.313 e. The second-order valence-electron chi connectivity index (χ2n) is 5.90. The Bertz CT molecular complexity index is 726. The lowest BCUT2D eigenvalue weighted by molar-refractivity contribution is -0.136. The number of hydrogen-bond acceptors (Lipinski definition) is 3. The minimum absolute atomic E-state index is 0.253. The van der Waals surface area contributed by atoms with E-state index in [9.17, 15) is 9.59 Å². The van der Waals surface area contributed by atoms with Crippen LogP contribution in [0.2, 0.25) is 0 Å². The van der Waals surface area contributed by atoms with Gasteiger partial charge in [-0.1, -0.05) is 56.3 Å². The topological polar surface area (TPSA) is 84.2 Å². The van der Waals surface area contributed by atoms with Gasteiger partial charge in [-0.25, -0.2) is 0 Å². The molecule has 0 atom stereocenters. The van der Waals surface area contributed by atoms with E-state index in [1.807, 2.05) is 56.3 Å². The molecule has 0 unspecified atom stereocenters. The summed E-state index contributed by atoms with van der Waals surface area (Å²) in [4.78, 5) is 24.1. The molecule has 0 bridgehead atoms. The average Bonchev–Trinajstić information content (AvgIpc) is 2.60. The minimum Gasteiger partial charge on any atom is -0.344 e. The zero-order valence-electron chi connectivity index (χ0n) is 14.0. The monoisotopic (exact) mass is 325 g/mol. The number of anilines is 1. The molecule has 5 nitrogen and oxygen atoms in total. The van der Waals surface area contributed by atoms with Crippen LogP contribution in [0.5, 0.6) is 0 Å². The van der Waals surface area contributed by atoms with Crippen LogP contribution in [0, 0.1) is 0 Å². The van der Waals surface area contributed by atoms with Crippen molar-refractivity contribution < 1.29 is 9.59 Å². The van der Waals surface area contributed by atoms with Crippen molar-refractivity contribution in [3.8, 4) is 0 Å². The second-order valence-corrected chi connectivity index (χ2v) is 5.90. The molecule has 0 fully saturated rings. The molecule has 2 amide bonds. The highest BCUT2D eigenvalue weighted by Crippen LogP contribution is 2.23. The van der Waals surface area contributed by atoms with Gasteiger partial charge in [-0.3, -0.25) is 9.59 Å². The van der Waals surface area contributed by atoms with Crippen LogP contribution in [0.4, 0.5) is 5.69 Å². The summed E-state index contributed by atoms with van der Waals surface area (Å²) < 4.78 is 0. The SMILES string of the molecule is CC(C)c1ccccc1NC(=O)C(=O)NCc1cccc(CN)c1. The lowest BCUT2D eigenvalue weighted by atomic mass is 10.0. The number of rotatable bonds is 5. The fraction of sp³-hybridized carbons (Fsp3) is 0.263. The van der Waals surface area contributed by atoms with Crippen LogP contribution in [0.1, 0.15) is 36.5 Å². The maximum absolute atomic E-state index is 12.1. The molecule has 2 aromatic rings. The molecule has 0 saturated heterocycles. The van der Waals surface area contributed by atoms with Gasteiger partial charge in [-0.15, -0.1) is 0 Å².